The summed E-state index contributed by atoms with van der Waals surface area (Å²) in [5.74, 6) is 1.20. The second-order valence-corrected chi connectivity index (χ2v) is 6.31. The average molecular weight is 332 g/mol. The van der Waals surface area contributed by atoms with Crippen molar-refractivity contribution in [2.75, 3.05) is 13.6 Å². The first kappa shape index (κ1) is 18.0. The van der Waals surface area contributed by atoms with E-state index >= 15 is 0 Å². The summed E-state index contributed by atoms with van der Waals surface area (Å²) in [7, 11) is 1.71. The van der Waals surface area contributed by atoms with Crippen molar-refractivity contribution in [1.82, 2.24) is 15.8 Å². The van der Waals surface area contributed by atoms with Gasteiger partial charge in [0.2, 0.25) is 0 Å². The van der Waals surface area contributed by atoms with Crippen LogP contribution in [0.25, 0.3) is 0 Å². The summed E-state index contributed by atoms with van der Waals surface area (Å²) in [5.41, 5.74) is 1.64. The van der Waals surface area contributed by atoms with Crippen LogP contribution in [-0.4, -0.2) is 24.7 Å². The molecule has 1 heterocycles. The molecule has 0 aliphatic rings. The fourth-order valence-corrected chi connectivity index (χ4v) is 2.31. The summed E-state index contributed by atoms with van der Waals surface area (Å²) in [4.78, 5) is 4.20. The van der Waals surface area contributed by atoms with Crippen molar-refractivity contribution in [3.8, 4) is 0 Å². The van der Waals surface area contributed by atoms with Gasteiger partial charge in [-0.3, -0.25) is 4.99 Å². The Bertz CT molecular complexity index is 694. The van der Waals surface area contributed by atoms with Gasteiger partial charge in [0.1, 0.15) is 5.82 Å². The SMILES string of the molecule is CCc1cc(CNC(=NC)NCC(C)(C)c2cccc(F)c2)on1. The van der Waals surface area contributed by atoms with E-state index in [-0.39, 0.29) is 11.2 Å². The second kappa shape index (κ2) is 7.95. The Hall–Kier alpha value is -2.37. The van der Waals surface area contributed by atoms with Gasteiger partial charge >= 0.3 is 0 Å². The van der Waals surface area contributed by atoms with Crippen LogP contribution in [0.3, 0.4) is 0 Å². The van der Waals surface area contributed by atoms with Gasteiger partial charge in [-0.15, -0.1) is 0 Å². The summed E-state index contributed by atoms with van der Waals surface area (Å²) < 4.78 is 18.7. The zero-order valence-corrected chi connectivity index (χ0v) is 14.7. The Balaban J connectivity index is 1.90. The molecule has 0 bridgehead atoms. The van der Waals surface area contributed by atoms with E-state index in [1.54, 1.807) is 19.2 Å². The van der Waals surface area contributed by atoms with Crippen molar-refractivity contribution in [3.05, 3.63) is 53.2 Å². The number of nitrogens with one attached hydrogen (secondary N) is 2. The van der Waals surface area contributed by atoms with Crippen LogP contribution in [0.1, 0.15) is 37.8 Å². The molecule has 1 aromatic heterocycles. The summed E-state index contributed by atoms with van der Waals surface area (Å²) in [5, 5.41) is 10.4. The van der Waals surface area contributed by atoms with E-state index in [1.807, 2.05) is 19.1 Å². The molecule has 0 aliphatic heterocycles. The maximum atomic E-state index is 13.4. The number of hydrogen-bond donors (Lipinski definition) is 2. The monoisotopic (exact) mass is 332 g/mol. The Morgan fingerprint density at radius 2 is 2.08 bits per heavy atom. The quantitative estimate of drug-likeness (QED) is 0.630. The molecule has 1 aromatic carbocycles. The van der Waals surface area contributed by atoms with Crippen molar-refractivity contribution in [1.29, 1.82) is 0 Å². The van der Waals surface area contributed by atoms with Gasteiger partial charge in [0, 0.05) is 25.1 Å². The minimum atomic E-state index is -0.235. The Labute approximate surface area is 142 Å². The lowest BCUT2D eigenvalue weighted by molar-refractivity contribution is 0.374. The Kier molecular flexibility index (Phi) is 5.95. The number of nitrogens with zero attached hydrogens (tertiary/aromatic N) is 2. The first-order valence-electron chi connectivity index (χ1n) is 8.09. The van der Waals surface area contributed by atoms with E-state index in [0.29, 0.717) is 19.0 Å². The molecule has 0 spiro atoms. The molecule has 0 fully saturated rings. The summed E-state index contributed by atoms with van der Waals surface area (Å²) >= 11 is 0. The van der Waals surface area contributed by atoms with Crippen molar-refractivity contribution in [3.63, 3.8) is 0 Å². The molecule has 130 valence electrons. The minimum Gasteiger partial charge on any atom is -0.359 e. The summed E-state index contributed by atoms with van der Waals surface area (Å²) in [6.45, 7) is 7.28. The molecule has 0 atom stereocenters. The zero-order chi connectivity index (χ0) is 17.6. The van der Waals surface area contributed by atoms with Gasteiger partial charge in [-0.1, -0.05) is 38.1 Å². The Morgan fingerprint density at radius 3 is 2.71 bits per heavy atom. The maximum Gasteiger partial charge on any atom is 0.191 e. The van der Waals surface area contributed by atoms with Gasteiger partial charge in [0.25, 0.3) is 0 Å². The first-order valence-corrected chi connectivity index (χ1v) is 8.09. The third-order valence-corrected chi connectivity index (χ3v) is 3.93. The number of aryl methyl sites for hydroxylation is 1. The molecule has 5 nitrogen and oxygen atoms in total. The highest BCUT2D eigenvalue weighted by molar-refractivity contribution is 5.79. The average Bonchev–Trinajstić information content (AvgIpc) is 3.03. The van der Waals surface area contributed by atoms with Crippen molar-refractivity contribution < 1.29 is 8.91 Å². The molecule has 0 unspecified atom stereocenters. The lowest BCUT2D eigenvalue weighted by Gasteiger charge is -2.26. The lowest BCUT2D eigenvalue weighted by atomic mass is 9.84. The first-order chi connectivity index (χ1) is 11.4. The number of rotatable bonds is 6. The van der Waals surface area contributed by atoms with Gasteiger partial charge < -0.3 is 15.2 Å². The second-order valence-electron chi connectivity index (χ2n) is 6.31. The lowest BCUT2D eigenvalue weighted by Crippen LogP contribution is -2.43. The molecule has 2 aromatic rings. The van der Waals surface area contributed by atoms with E-state index in [9.17, 15) is 4.39 Å². The van der Waals surface area contributed by atoms with Crippen molar-refractivity contribution >= 4 is 5.96 Å². The predicted octanol–water partition coefficient (Wildman–Crippen LogP) is 3.02. The zero-order valence-electron chi connectivity index (χ0n) is 14.7. The molecule has 0 saturated heterocycles. The minimum absolute atomic E-state index is 0.222. The number of halogens is 1. The number of guanidine groups is 1. The highest BCUT2D eigenvalue weighted by atomic mass is 19.1. The fourth-order valence-electron chi connectivity index (χ4n) is 2.31. The number of hydrogen-bond acceptors (Lipinski definition) is 3. The van der Waals surface area contributed by atoms with Crippen LogP contribution < -0.4 is 10.6 Å². The van der Waals surface area contributed by atoms with Crippen molar-refractivity contribution in [2.45, 2.75) is 39.2 Å². The normalized spacial score (nSPS) is 12.3. The number of aliphatic imine (C=N–C) groups is 1. The molecular formula is C18H25FN4O. The molecule has 6 heteroatoms. The van der Waals surface area contributed by atoms with Gasteiger partial charge in [0.05, 0.1) is 12.2 Å². The molecule has 2 N–H and O–H groups in total. The van der Waals surface area contributed by atoms with Gasteiger partial charge in [-0.05, 0) is 24.1 Å². The third kappa shape index (κ3) is 4.81. The highest BCUT2D eigenvalue weighted by Gasteiger charge is 2.21. The third-order valence-electron chi connectivity index (χ3n) is 3.93. The molecule has 2 rings (SSSR count). The number of aromatic nitrogens is 1. The topological polar surface area (TPSA) is 62.5 Å². The van der Waals surface area contributed by atoms with E-state index in [1.165, 1.54) is 6.07 Å². The molecule has 0 saturated carbocycles. The van der Waals surface area contributed by atoms with Gasteiger partial charge in [0.15, 0.2) is 11.7 Å². The fraction of sp³-hybridized carbons (Fsp3) is 0.444. The van der Waals surface area contributed by atoms with E-state index in [2.05, 4.69) is 34.6 Å². The summed E-state index contributed by atoms with van der Waals surface area (Å²) in [6.07, 6.45) is 0.846. The van der Waals surface area contributed by atoms with E-state index < -0.39 is 0 Å². The van der Waals surface area contributed by atoms with E-state index in [4.69, 9.17) is 4.52 Å². The highest BCUT2D eigenvalue weighted by Crippen LogP contribution is 2.22. The largest absolute Gasteiger partial charge is 0.359 e. The standard InChI is InChI=1S/C18H25FN4O/c1-5-15-10-16(24-23-15)11-21-17(20-4)22-12-18(2,3)13-7-6-8-14(19)9-13/h6-10H,5,11-12H2,1-4H3,(H2,20,21,22). The van der Waals surface area contributed by atoms with Crippen LogP contribution in [-0.2, 0) is 18.4 Å². The molecule has 0 aliphatic carbocycles. The smallest absolute Gasteiger partial charge is 0.191 e. The van der Waals surface area contributed by atoms with Crippen LogP contribution in [0.15, 0.2) is 39.8 Å². The van der Waals surface area contributed by atoms with Crippen LogP contribution >= 0.6 is 0 Å². The van der Waals surface area contributed by atoms with E-state index in [0.717, 1.165) is 23.4 Å². The van der Waals surface area contributed by atoms with Gasteiger partial charge in [-0.2, -0.15) is 0 Å². The molecular weight excluding hydrogens is 307 g/mol. The predicted molar refractivity (Wildman–Crippen MR) is 93.5 cm³/mol. The van der Waals surface area contributed by atoms with Crippen LogP contribution in [0.2, 0.25) is 0 Å². The maximum absolute atomic E-state index is 13.4. The molecule has 0 radical (unpaired) electrons. The Morgan fingerprint density at radius 1 is 1.29 bits per heavy atom. The van der Waals surface area contributed by atoms with Crippen LogP contribution in [0, 0.1) is 5.82 Å². The molecule has 24 heavy (non-hydrogen) atoms. The number of benzene rings is 1. The van der Waals surface area contributed by atoms with Crippen molar-refractivity contribution in [2.24, 2.45) is 4.99 Å². The van der Waals surface area contributed by atoms with Gasteiger partial charge in [-0.25, -0.2) is 4.39 Å². The summed E-state index contributed by atoms with van der Waals surface area (Å²) in [6, 6.07) is 8.61. The van der Waals surface area contributed by atoms with Crippen LogP contribution in [0.5, 0.6) is 0 Å². The van der Waals surface area contributed by atoms with Crippen LogP contribution in [0.4, 0.5) is 4.39 Å². The molecule has 0 amide bonds.